The monoisotopic (exact) mass is 130 g/mol. The van der Waals surface area contributed by atoms with Gasteiger partial charge in [0, 0.05) is 6.42 Å². The van der Waals surface area contributed by atoms with E-state index in [0.29, 0.717) is 6.16 Å². The van der Waals surface area contributed by atoms with Crippen molar-refractivity contribution in [1.82, 2.24) is 0 Å². The first-order chi connectivity index (χ1) is 2.77. The van der Waals surface area contributed by atoms with E-state index in [1.54, 1.807) is 0 Å². The molecular weight excluding hydrogens is 122 g/mol. The standard InChI is InChI=1S/C3H7O2P.Na.H/c4-3(5)1-2-6;;/h1-2,6H2,(H,4,5);;. The van der Waals surface area contributed by atoms with Crippen molar-refractivity contribution < 1.29 is 9.90 Å². The van der Waals surface area contributed by atoms with Crippen LogP contribution in [0.2, 0.25) is 0 Å². The molecule has 0 fully saturated rings. The van der Waals surface area contributed by atoms with E-state index in [-0.39, 0.29) is 36.0 Å². The number of carbonyl (C=O) groups is 1. The second-order valence-electron chi connectivity index (χ2n) is 0.932. The summed E-state index contributed by atoms with van der Waals surface area (Å²) in [6.07, 6.45) is 0.903. The molecule has 0 aliphatic heterocycles. The van der Waals surface area contributed by atoms with Crippen molar-refractivity contribution in [1.29, 1.82) is 0 Å². The molecule has 7 heavy (non-hydrogen) atoms. The molecule has 0 aromatic heterocycles. The Morgan fingerprint density at radius 1 is 1.71 bits per heavy atom. The van der Waals surface area contributed by atoms with Gasteiger partial charge in [0.2, 0.25) is 0 Å². The molecule has 0 aliphatic carbocycles. The molecule has 1 N–H and O–H groups in total. The topological polar surface area (TPSA) is 37.3 Å². The molecule has 38 valence electrons. The van der Waals surface area contributed by atoms with Crippen molar-refractivity contribution >= 4 is 44.8 Å². The molecule has 0 bridgehead atoms. The third-order valence-electron chi connectivity index (χ3n) is 0.358. The van der Waals surface area contributed by atoms with Gasteiger partial charge in [-0.05, 0) is 6.16 Å². The van der Waals surface area contributed by atoms with Gasteiger partial charge in [-0.2, -0.15) is 0 Å². The van der Waals surface area contributed by atoms with Crippen molar-refractivity contribution in [3.63, 3.8) is 0 Å². The van der Waals surface area contributed by atoms with Crippen LogP contribution >= 0.6 is 9.24 Å². The molecule has 0 aromatic carbocycles. The molecular formula is C3H8NaO2P. The maximum absolute atomic E-state index is 9.59. The minimum absolute atomic E-state index is 0. The Balaban J connectivity index is 0. The molecule has 0 rings (SSSR count). The first kappa shape index (κ1) is 10.8. The molecule has 4 heteroatoms. The summed E-state index contributed by atoms with van der Waals surface area (Å²) < 4.78 is 0. The van der Waals surface area contributed by atoms with Crippen LogP contribution < -0.4 is 0 Å². The zero-order chi connectivity index (χ0) is 4.99. The molecule has 0 radical (unpaired) electrons. The Kier molecular flexibility index (Phi) is 10.7. The maximum atomic E-state index is 9.59. The minimum atomic E-state index is -0.731. The van der Waals surface area contributed by atoms with Crippen LogP contribution in [0.5, 0.6) is 0 Å². The molecule has 2 nitrogen and oxygen atoms in total. The Labute approximate surface area is 67.2 Å². The van der Waals surface area contributed by atoms with E-state index in [1.807, 2.05) is 0 Å². The molecule has 1 atom stereocenters. The Morgan fingerprint density at radius 2 is 2.14 bits per heavy atom. The summed E-state index contributed by atoms with van der Waals surface area (Å²) in [7, 11) is 2.34. The fourth-order valence-corrected chi connectivity index (χ4v) is 0.370. The quantitative estimate of drug-likeness (QED) is 0.411. The van der Waals surface area contributed by atoms with Gasteiger partial charge in [-0.3, -0.25) is 4.79 Å². The SMILES string of the molecule is O=C(O)CCP.[NaH]. The van der Waals surface area contributed by atoms with E-state index in [2.05, 4.69) is 9.24 Å². The fraction of sp³-hybridized carbons (Fsp3) is 0.667. The van der Waals surface area contributed by atoms with E-state index in [9.17, 15) is 4.79 Å². The Hall–Kier alpha value is 0.900. The Bertz CT molecular complexity index is 56.9. The normalized spacial score (nSPS) is 7.00. The third-order valence-corrected chi connectivity index (χ3v) is 0.647. The van der Waals surface area contributed by atoms with Crippen LogP contribution in [0.3, 0.4) is 0 Å². The summed E-state index contributed by atoms with van der Waals surface area (Å²) >= 11 is 0. The van der Waals surface area contributed by atoms with Gasteiger partial charge in [0.15, 0.2) is 0 Å². The van der Waals surface area contributed by atoms with E-state index < -0.39 is 5.97 Å². The number of hydrogen-bond acceptors (Lipinski definition) is 1. The number of hydrogen-bond donors (Lipinski definition) is 1. The zero-order valence-corrected chi connectivity index (χ0v) is 4.50. The molecule has 0 saturated carbocycles. The van der Waals surface area contributed by atoms with Gasteiger partial charge in [-0.1, -0.05) is 0 Å². The molecule has 0 heterocycles. The van der Waals surface area contributed by atoms with Gasteiger partial charge in [0.1, 0.15) is 0 Å². The second kappa shape index (κ2) is 6.90. The van der Waals surface area contributed by atoms with Gasteiger partial charge in [0.25, 0.3) is 0 Å². The van der Waals surface area contributed by atoms with Gasteiger partial charge < -0.3 is 5.11 Å². The number of carboxylic acid groups (broad SMARTS) is 1. The van der Waals surface area contributed by atoms with Crippen molar-refractivity contribution in [3.05, 3.63) is 0 Å². The van der Waals surface area contributed by atoms with Crippen LogP contribution in [-0.4, -0.2) is 46.8 Å². The molecule has 0 aromatic rings. The van der Waals surface area contributed by atoms with Gasteiger partial charge in [-0.15, -0.1) is 9.24 Å². The van der Waals surface area contributed by atoms with Gasteiger partial charge in [-0.25, -0.2) is 0 Å². The van der Waals surface area contributed by atoms with E-state index in [4.69, 9.17) is 5.11 Å². The average molecular weight is 130 g/mol. The number of carboxylic acids is 1. The summed E-state index contributed by atoms with van der Waals surface area (Å²) in [5.74, 6) is -0.731. The molecule has 1 unspecified atom stereocenters. The van der Waals surface area contributed by atoms with Crippen LogP contribution in [0.25, 0.3) is 0 Å². The summed E-state index contributed by atoms with van der Waals surface area (Å²) in [5.41, 5.74) is 0. The first-order valence-electron chi connectivity index (χ1n) is 1.69. The number of rotatable bonds is 2. The van der Waals surface area contributed by atoms with Crippen molar-refractivity contribution in [3.8, 4) is 0 Å². The van der Waals surface area contributed by atoms with Crippen molar-refractivity contribution in [2.75, 3.05) is 6.16 Å². The summed E-state index contributed by atoms with van der Waals surface area (Å²) in [6.45, 7) is 0. The molecule has 0 amide bonds. The second-order valence-corrected chi connectivity index (χ2v) is 1.51. The first-order valence-corrected chi connectivity index (χ1v) is 2.51. The molecule has 0 aliphatic rings. The van der Waals surface area contributed by atoms with E-state index in [1.165, 1.54) is 0 Å². The van der Waals surface area contributed by atoms with Gasteiger partial charge >= 0.3 is 35.5 Å². The van der Waals surface area contributed by atoms with Crippen LogP contribution in [0.4, 0.5) is 0 Å². The summed E-state index contributed by atoms with van der Waals surface area (Å²) in [6, 6.07) is 0. The Morgan fingerprint density at radius 3 is 2.14 bits per heavy atom. The van der Waals surface area contributed by atoms with Crippen molar-refractivity contribution in [2.45, 2.75) is 6.42 Å². The third kappa shape index (κ3) is 10.9. The van der Waals surface area contributed by atoms with E-state index in [0.717, 1.165) is 0 Å². The van der Waals surface area contributed by atoms with Crippen LogP contribution in [0, 0.1) is 0 Å². The van der Waals surface area contributed by atoms with Crippen LogP contribution in [-0.2, 0) is 4.79 Å². The van der Waals surface area contributed by atoms with E-state index >= 15 is 0 Å². The molecule has 0 saturated heterocycles. The summed E-state index contributed by atoms with van der Waals surface area (Å²) in [4.78, 5) is 9.59. The van der Waals surface area contributed by atoms with Crippen LogP contribution in [0.15, 0.2) is 0 Å². The fourth-order valence-electron chi connectivity index (χ4n) is 0.123. The predicted molar refractivity (Wildman–Crippen MR) is 34.0 cm³/mol. The zero-order valence-electron chi connectivity index (χ0n) is 3.35. The molecule has 0 spiro atoms. The van der Waals surface area contributed by atoms with Gasteiger partial charge in [0.05, 0.1) is 0 Å². The van der Waals surface area contributed by atoms with Crippen LogP contribution in [0.1, 0.15) is 6.42 Å². The summed E-state index contributed by atoms with van der Waals surface area (Å²) in [5, 5.41) is 7.90. The predicted octanol–water partition coefficient (Wildman–Crippen LogP) is -0.312. The average Bonchev–Trinajstić information content (AvgIpc) is 1.35. The number of aliphatic carboxylic acids is 1. The van der Waals surface area contributed by atoms with Crippen molar-refractivity contribution in [2.24, 2.45) is 0 Å².